The molecule has 1 unspecified atom stereocenters. The van der Waals surface area contributed by atoms with Gasteiger partial charge in [-0.25, -0.2) is 8.78 Å². The molecule has 0 aliphatic heterocycles. The first-order valence-corrected chi connectivity index (χ1v) is 7.68. The molecule has 1 aromatic heterocycles. The van der Waals surface area contributed by atoms with Crippen LogP contribution in [0.4, 0.5) is 8.78 Å². The lowest BCUT2D eigenvalue weighted by atomic mass is 10.1. The highest BCUT2D eigenvalue weighted by Gasteiger charge is 2.19. The predicted octanol–water partition coefficient (Wildman–Crippen LogP) is 1.65. The Morgan fingerprint density at radius 1 is 1.35 bits per heavy atom. The molecule has 8 heteroatoms. The van der Waals surface area contributed by atoms with E-state index in [-0.39, 0.29) is 18.0 Å². The fourth-order valence-corrected chi connectivity index (χ4v) is 2.94. The van der Waals surface area contributed by atoms with Crippen LogP contribution >= 0.6 is 11.3 Å². The van der Waals surface area contributed by atoms with Gasteiger partial charge in [-0.15, -0.1) is 0 Å². The normalized spacial score (nSPS) is 12.2. The van der Waals surface area contributed by atoms with Gasteiger partial charge in [0.25, 0.3) is 0 Å². The van der Waals surface area contributed by atoms with E-state index in [4.69, 9.17) is 0 Å². The molecule has 2 rings (SSSR count). The van der Waals surface area contributed by atoms with Crippen molar-refractivity contribution in [1.29, 1.82) is 0 Å². The van der Waals surface area contributed by atoms with Gasteiger partial charge in [-0.2, -0.15) is 0 Å². The number of rotatable bonds is 5. The Hall–Kier alpha value is -2.06. The van der Waals surface area contributed by atoms with Crippen molar-refractivity contribution >= 4 is 17.2 Å². The molecule has 0 radical (unpaired) electrons. The molecule has 0 fully saturated rings. The summed E-state index contributed by atoms with van der Waals surface area (Å²) in [5.74, 6) is -2.29. The number of aliphatic hydroxyl groups is 1. The van der Waals surface area contributed by atoms with Crippen molar-refractivity contribution in [2.24, 2.45) is 0 Å². The van der Waals surface area contributed by atoms with Gasteiger partial charge in [-0.05, 0) is 26.0 Å². The first-order chi connectivity index (χ1) is 10.8. The SMILES string of the molecule is Cc1sc(=O)n(CC(=O)NCC(O)c2c(F)cccc2F)c1C. The van der Waals surface area contributed by atoms with Crippen LogP contribution in [0.1, 0.15) is 22.2 Å². The fourth-order valence-electron chi connectivity index (χ4n) is 2.11. The number of carbonyl (C=O) groups excluding carboxylic acids is 1. The quantitative estimate of drug-likeness (QED) is 0.868. The number of nitrogens with one attached hydrogen (secondary N) is 1. The Kier molecular flexibility index (Phi) is 5.27. The van der Waals surface area contributed by atoms with Gasteiger partial charge in [0.15, 0.2) is 0 Å². The van der Waals surface area contributed by atoms with Gasteiger partial charge in [0, 0.05) is 17.1 Å². The highest BCUT2D eigenvalue weighted by molar-refractivity contribution is 7.09. The number of nitrogens with zero attached hydrogens (tertiary/aromatic N) is 1. The van der Waals surface area contributed by atoms with Crippen molar-refractivity contribution in [2.45, 2.75) is 26.5 Å². The summed E-state index contributed by atoms with van der Waals surface area (Å²) in [4.78, 5) is 24.1. The predicted molar refractivity (Wildman–Crippen MR) is 82.4 cm³/mol. The maximum absolute atomic E-state index is 13.5. The van der Waals surface area contributed by atoms with Crippen molar-refractivity contribution in [3.8, 4) is 0 Å². The van der Waals surface area contributed by atoms with Gasteiger partial charge in [-0.1, -0.05) is 17.4 Å². The molecule has 2 N–H and O–H groups in total. The lowest BCUT2D eigenvalue weighted by molar-refractivity contribution is -0.122. The Morgan fingerprint density at radius 2 is 1.96 bits per heavy atom. The molecule has 0 spiro atoms. The summed E-state index contributed by atoms with van der Waals surface area (Å²) in [6.45, 7) is 2.94. The van der Waals surface area contributed by atoms with Crippen LogP contribution in [0.5, 0.6) is 0 Å². The summed E-state index contributed by atoms with van der Waals surface area (Å²) in [5, 5.41) is 12.2. The van der Waals surface area contributed by atoms with Crippen molar-refractivity contribution in [3.63, 3.8) is 0 Å². The summed E-state index contributed by atoms with van der Waals surface area (Å²) in [6, 6.07) is 3.24. The number of aliphatic hydroxyl groups excluding tert-OH is 1. The van der Waals surface area contributed by atoms with Crippen LogP contribution in [-0.2, 0) is 11.3 Å². The molecule has 1 atom stereocenters. The third-order valence-electron chi connectivity index (χ3n) is 3.50. The van der Waals surface area contributed by atoms with Crippen LogP contribution in [-0.4, -0.2) is 22.1 Å². The average molecular weight is 342 g/mol. The standard InChI is InChI=1S/C15H16F2N2O3S/c1-8-9(2)23-15(22)19(8)7-13(21)18-6-12(20)14-10(16)4-3-5-11(14)17/h3-5,12,20H,6-7H2,1-2H3,(H,18,21). The monoisotopic (exact) mass is 342 g/mol. The average Bonchev–Trinajstić information content (AvgIpc) is 2.71. The molecular weight excluding hydrogens is 326 g/mol. The summed E-state index contributed by atoms with van der Waals surface area (Å²) >= 11 is 1.04. The Balaban J connectivity index is 2.00. The summed E-state index contributed by atoms with van der Waals surface area (Å²) in [6.07, 6.45) is -1.51. The third-order valence-corrected chi connectivity index (χ3v) is 4.50. The van der Waals surface area contributed by atoms with E-state index in [2.05, 4.69) is 5.32 Å². The molecule has 0 aliphatic carbocycles. The molecule has 124 valence electrons. The number of aryl methyl sites for hydroxylation is 1. The lowest BCUT2D eigenvalue weighted by Crippen LogP contribution is -2.34. The van der Waals surface area contributed by atoms with Gasteiger partial charge in [0.1, 0.15) is 24.3 Å². The number of hydrogen-bond acceptors (Lipinski definition) is 4. The first kappa shape index (κ1) is 17.3. The van der Waals surface area contributed by atoms with E-state index in [1.807, 2.05) is 0 Å². The highest BCUT2D eigenvalue weighted by atomic mass is 32.1. The Labute approximate surface area is 135 Å². The van der Waals surface area contributed by atoms with E-state index >= 15 is 0 Å². The smallest absolute Gasteiger partial charge is 0.308 e. The molecule has 0 saturated heterocycles. The minimum Gasteiger partial charge on any atom is -0.386 e. The van der Waals surface area contributed by atoms with Crippen LogP contribution < -0.4 is 10.2 Å². The lowest BCUT2D eigenvalue weighted by Gasteiger charge is -2.14. The minimum atomic E-state index is -1.51. The summed E-state index contributed by atoms with van der Waals surface area (Å²) < 4.78 is 28.4. The van der Waals surface area contributed by atoms with Gasteiger partial charge in [0.05, 0.1) is 5.56 Å². The second kappa shape index (κ2) is 7.01. The number of benzene rings is 1. The Morgan fingerprint density at radius 3 is 2.48 bits per heavy atom. The zero-order valence-electron chi connectivity index (χ0n) is 12.6. The summed E-state index contributed by atoms with van der Waals surface area (Å²) in [5.41, 5.74) is 0.198. The van der Waals surface area contributed by atoms with E-state index in [1.54, 1.807) is 13.8 Å². The molecule has 0 bridgehead atoms. The molecule has 1 heterocycles. The van der Waals surface area contributed by atoms with Crippen LogP contribution in [0.25, 0.3) is 0 Å². The first-order valence-electron chi connectivity index (χ1n) is 6.86. The van der Waals surface area contributed by atoms with Crippen molar-refractivity contribution < 1.29 is 18.7 Å². The topological polar surface area (TPSA) is 71.3 Å². The van der Waals surface area contributed by atoms with Crippen molar-refractivity contribution in [3.05, 3.63) is 55.6 Å². The largest absolute Gasteiger partial charge is 0.386 e. The minimum absolute atomic E-state index is 0.207. The molecule has 23 heavy (non-hydrogen) atoms. The molecule has 1 amide bonds. The number of hydrogen-bond donors (Lipinski definition) is 2. The zero-order valence-corrected chi connectivity index (χ0v) is 13.4. The molecule has 1 aromatic carbocycles. The van der Waals surface area contributed by atoms with E-state index < -0.39 is 29.2 Å². The summed E-state index contributed by atoms with van der Waals surface area (Å²) in [7, 11) is 0. The Bertz CT molecular complexity index is 765. The molecule has 2 aromatic rings. The van der Waals surface area contributed by atoms with E-state index in [0.717, 1.165) is 28.3 Å². The van der Waals surface area contributed by atoms with Gasteiger partial charge >= 0.3 is 4.87 Å². The van der Waals surface area contributed by atoms with Gasteiger partial charge < -0.3 is 10.4 Å². The van der Waals surface area contributed by atoms with Crippen molar-refractivity contribution in [1.82, 2.24) is 9.88 Å². The van der Waals surface area contributed by atoms with Crippen LogP contribution in [0.2, 0.25) is 0 Å². The third kappa shape index (κ3) is 3.83. The van der Waals surface area contributed by atoms with Gasteiger partial charge in [0.2, 0.25) is 5.91 Å². The van der Waals surface area contributed by atoms with Crippen LogP contribution in [0.15, 0.2) is 23.0 Å². The number of carbonyl (C=O) groups is 1. The number of amides is 1. The van der Waals surface area contributed by atoms with E-state index in [9.17, 15) is 23.5 Å². The maximum Gasteiger partial charge on any atom is 0.308 e. The second-order valence-electron chi connectivity index (χ2n) is 5.05. The number of aromatic nitrogens is 1. The molecule has 0 saturated carbocycles. The van der Waals surface area contributed by atoms with E-state index in [0.29, 0.717) is 5.69 Å². The maximum atomic E-state index is 13.5. The second-order valence-corrected chi connectivity index (χ2v) is 6.22. The number of thiazole rings is 1. The highest BCUT2D eigenvalue weighted by Crippen LogP contribution is 2.19. The van der Waals surface area contributed by atoms with E-state index in [1.165, 1.54) is 10.6 Å². The molecule has 5 nitrogen and oxygen atoms in total. The number of halogens is 2. The zero-order chi connectivity index (χ0) is 17.1. The molecule has 0 aliphatic rings. The van der Waals surface area contributed by atoms with Gasteiger partial charge in [-0.3, -0.25) is 14.2 Å². The fraction of sp³-hybridized carbons (Fsp3) is 0.333. The molecular formula is C15H16F2N2O3S. The van der Waals surface area contributed by atoms with Crippen molar-refractivity contribution in [2.75, 3.05) is 6.54 Å². The van der Waals surface area contributed by atoms with Crippen LogP contribution in [0.3, 0.4) is 0 Å². The van der Waals surface area contributed by atoms with Crippen LogP contribution in [0, 0.1) is 25.5 Å².